The molecule has 0 bridgehead atoms. The Morgan fingerprint density at radius 2 is 1.71 bits per heavy atom. The van der Waals surface area contributed by atoms with Crippen molar-refractivity contribution >= 4 is 44.8 Å². The molecular formula is C12H8BrCl2NO. The SMILES string of the molecule is Nc1ccccc1Oc1cc(Cl)c(Br)cc1Cl. The minimum absolute atomic E-state index is 0.463. The number of nitrogens with two attached hydrogens (primary N) is 1. The van der Waals surface area contributed by atoms with Gasteiger partial charge in [0.15, 0.2) is 0 Å². The standard InChI is InChI=1S/C12H8BrCl2NO/c13-7-5-9(15)12(6-8(7)14)17-11-4-2-1-3-10(11)16/h1-6H,16H2. The molecule has 0 unspecified atom stereocenters. The fourth-order valence-electron chi connectivity index (χ4n) is 1.27. The predicted molar refractivity (Wildman–Crippen MR) is 75.1 cm³/mol. The lowest BCUT2D eigenvalue weighted by molar-refractivity contribution is 0.485. The Balaban J connectivity index is 2.37. The van der Waals surface area contributed by atoms with Crippen molar-refractivity contribution in [2.24, 2.45) is 0 Å². The molecule has 0 aliphatic carbocycles. The van der Waals surface area contributed by atoms with Crippen molar-refractivity contribution in [2.45, 2.75) is 0 Å². The molecule has 2 nitrogen and oxygen atoms in total. The predicted octanol–water partition coefficient (Wildman–Crippen LogP) is 5.13. The van der Waals surface area contributed by atoms with Crippen LogP contribution in [-0.2, 0) is 0 Å². The van der Waals surface area contributed by atoms with E-state index in [1.165, 1.54) is 0 Å². The third-order valence-corrected chi connectivity index (χ3v) is 3.61. The highest BCUT2D eigenvalue weighted by molar-refractivity contribution is 9.10. The third kappa shape index (κ3) is 2.86. The quantitative estimate of drug-likeness (QED) is 0.611. The smallest absolute Gasteiger partial charge is 0.150 e. The molecule has 0 aliphatic heterocycles. The van der Waals surface area contributed by atoms with Gasteiger partial charge in [0.05, 0.1) is 15.7 Å². The summed E-state index contributed by atoms with van der Waals surface area (Å²) in [6.45, 7) is 0. The summed E-state index contributed by atoms with van der Waals surface area (Å²) < 4.78 is 6.33. The van der Waals surface area contributed by atoms with Crippen molar-refractivity contribution in [3.8, 4) is 11.5 Å². The molecule has 0 radical (unpaired) electrons. The van der Waals surface area contributed by atoms with Crippen molar-refractivity contribution in [3.05, 3.63) is 50.9 Å². The summed E-state index contributed by atoms with van der Waals surface area (Å²) in [7, 11) is 0. The monoisotopic (exact) mass is 331 g/mol. The minimum atomic E-state index is 0.463. The molecule has 0 aliphatic rings. The number of rotatable bonds is 2. The summed E-state index contributed by atoms with van der Waals surface area (Å²) in [5.74, 6) is 1.02. The molecule has 0 atom stereocenters. The molecule has 2 N–H and O–H groups in total. The second-order valence-electron chi connectivity index (χ2n) is 3.34. The van der Waals surface area contributed by atoms with E-state index in [1.807, 2.05) is 12.1 Å². The van der Waals surface area contributed by atoms with Gasteiger partial charge < -0.3 is 10.5 Å². The van der Waals surface area contributed by atoms with Gasteiger partial charge in [-0.2, -0.15) is 0 Å². The Morgan fingerprint density at radius 3 is 2.41 bits per heavy atom. The van der Waals surface area contributed by atoms with E-state index < -0.39 is 0 Å². The van der Waals surface area contributed by atoms with Gasteiger partial charge >= 0.3 is 0 Å². The highest BCUT2D eigenvalue weighted by Crippen LogP contribution is 2.37. The fraction of sp³-hybridized carbons (Fsp3) is 0. The van der Waals surface area contributed by atoms with Crippen molar-refractivity contribution in [2.75, 3.05) is 5.73 Å². The first-order valence-corrected chi connectivity index (χ1v) is 6.29. The Bertz CT molecular complexity index is 560. The second-order valence-corrected chi connectivity index (χ2v) is 5.01. The number of hydrogen-bond donors (Lipinski definition) is 1. The van der Waals surface area contributed by atoms with E-state index in [-0.39, 0.29) is 0 Å². The number of halogens is 3. The minimum Gasteiger partial charge on any atom is -0.454 e. The number of hydrogen-bond acceptors (Lipinski definition) is 2. The van der Waals surface area contributed by atoms with Crippen LogP contribution < -0.4 is 10.5 Å². The van der Waals surface area contributed by atoms with E-state index in [0.29, 0.717) is 27.2 Å². The highest BCUT2D eigenvalue weighted by atomic mass is 79.9. The zero-order valence-corrected chi connectivity index (χ0v) is 11.7. The first-order valence-electron chi connectivity index (χ1n) is 4.75. The van der Waals surface area contributed by atoms with Crippen LogP contribution in [0.1, 0.15) is 0 Å². The lowest BCUT2D eigenvalue weighted by Gasteiger charge is -2.10. The van der Waals surface area contributed by atoms with Gasteiger partial charge in [-0.1, -0.05) is 35.3 Å². The van der Waals surface area contributed by atoms with E-state index in [1.54, 1.807) is 24.3 Å². The molecule has 5 heteroatoms. The summed E-state index contributed by atoms with van der Waals surface area (Å²) in [5, 5.41) is 0.989. The van der Waals surface area contributed by atoms with Gasteiger partial charge in [0, 0.05) is 10.5 Å². The molecule has 0 saturated heterocycles. The van der Waals surface area contributed by atoms with Crippen LogP contribution in [0, 0.1) is 0 Å². The first-order chi connectivity index (χ1) is 8.08. The van der Waals surface area contributed by atoms with Crippen LogP contribution in [0.3, 0.4) is 0 Å². The van der Waals surface area contributed by atoms with Gasteiger partial charge in [0.2, 0.25) is 0 Å². The van der Waals surface area contributed by atoms with E-state index in [9.17, 15) is 0 Å². The van der Waals surface area contributed by atoms with Crippen LogP contribution in [0.15, 0.2) is 40.9 Å². The van der Waals surface area contributed by atoms with Crippen LogP contribution in [-0.4, -0.2) is 0 Å². The molecule has 0 fully saturated rings. The van der Waals surface area contributed by atoms with Crippen LogP contribution in [0.4, 0.5) is 5.69 Å². The van der Waals surface area contributed by atoms with Gasteiger partial charge in [-0.3, -0.25) is 0 Å². The maximum atomic E-state index is 6.05. The molecule has 0 saturated carbocycles. The lowest BCUT2D eigenvalue weighted by Crippen LogP contribution is -1.92. The average Bonchev–Trinajstić information content (AvgIpc) is 2.29. The summed E-state index contributed by atoms with van der Waals surface area (Å²) in [5.41, 5.74) is 6.32. The number of nitrogen functional groups attached to an aromatic ring is 1. The maximum absolute atomic E-state index is 6.05. The number of para-hydroxylation sites is 2. The Hall–Kier alpha value is -0.900. The van der Waals surface area contributed by atoms with Crippen molar-refractivity contribution in [1.82, 2.24) is 0 Å². The lowest BCUT2D eigenvalue weighted by atomic mass is 10.3. The Kier molecular flexibility index (Phi) is 3.82. The topological polar surface area (TPSA) is 35.2 Å². The summed E-state index contributed by atoms with van der Waals surface area (Å²) in [6, 6.07) is 10.5. The normalized spacial score (nSPS) is 10.3. The van der Waals surface area contributed by atoms with Crippen molar-refractivity contribution < 1.29 is 4.74 Å². The Morgan fingerprint density at radius 1 is 1.00 bits per heavy atom. The molecule has 17 heavy (non-hydrogen) atoms. The zero-order valence-electron chi connectivity index (χ0n) is 8.58. The van der Waals surface area contributed by atoms with Crippen molar-refractivity contribution in [3.63, 3.8) is 0 Å². The Labute approximate surface area is 117 Å². The number of ether oxygens (including phenoxy) is 1. The molecule has 2 aromatic carbocycles. The van der Waals surface area contributed by atoms with Crippen LogP contribution in [0.25, 0.3) is 0 Å². The van der Waals surface area contributed by atoms with Gasteiger partial charge in [-0.25, -0.2) is 0 Å². The second kappa shape index (κ2) is 5.17. The average molecular weight is 333 g/mol. The zero-order chi connectivity index (χ0) is 12.4. The summed E-state index contributed by atoms with van der Waals surface area (Å²) in [4.78, 5) is 0. The molecule has 0 amide bonds. The fourth-order valence-corrected chi connectivity index (χ4v) is 2.11. The van der Waals surface area contributed by atoms with E-state index in [2.05, 4.69) is 15.9 Å². The first kappa shape index (κ1) is 12.6. The van der Waals surface area contributed by atoms with Crippen LogP contribution in [0.2, 0.25) is 10.0 Å². The molecule has 0 heterocycles. The van der Waals surface area contributed by atoms with E-state index >= 15 is 0 Å². The summed E-state index contributed by atoms with van der Waals surface area (Å²) >= 11 is 15.3. The third-order valence-electron chi connectivity index (χ3n) is 2.11. The molecule has 2 aromatic rings. The van der Waals surface area contributed by atoms with E-state index in [0.717, 1.165) is 4.47 Å². The van der Waals surface area contributed by atoms with Gasteiger partial charge in [-0.15, -0.1) is 0 Å². The number of benzene rings is 2. The molecule has 0 spiro atoms. The molecular weight excluding hydrogens is 325 g/mol. The van der Waals surface area contributed by atoms with Gasteiger partial charge in [-0.05, 0) is 34.1 Å². The molecule has 88 valence electrons. The van der Waals surface area contributed by atoms with Crippen LogP contribution in [0.5, 0.6) is 11.5 Å². The van der Waals surface area contributed by atoms with Crippen LogP contribution >= 0.6 is 39.1 Å². The summed E-state index contributed by atoms with van der Waals surface area (Å²) in [6.07, 6.45) is 0. The van der Waals surface area contributed by atoms with Crippen molar-refractivity contribution in [1.29, 1.82) is 0 Å². The number of anilines is 1. The van der Waals surface area contributed by atoms with Gasteiger partial charge in [0.1, 0.15) is 11.5 Å². The largest absolute Gasteiger partial charge is 0.454 e. The maximum Gasteiger partial charge on any atom is 0.150 e. The van der Waals surface area contributed by atoms with E-state index in [4.69, 9.17) is 33.7 Å². The molecule has 0 aromatic heterocycles. The highest BCUT2D eigenvalue weighted by Gasteiger charge is 2.09. The molecule has 2 rings (SSSR count). The van der Waals surface area contributed by atoms with Gasteiger partial charge in [0.25, 0.3) is 0 Å².